The number of pyridine rings is 1. The van der Waals surface area contributed by atoms with Crippen LogP contribution in [0.2, 0.25) is 0 Å². The van der Waals surface area contributed by atoms with E-state index in [0.29, 0.717) is 16.9 Å². The summed E-state index contributed by atoms with van der Waals surface area (Å²) in [6, 6.07) is 26.9. The molecule has 0 saturated carbocycles. The van der Waals surface area contributed by atoms with Crippen molar-refractivity contribution in [2.24, 2.45) is 5.73 Å². The number of nitrogens with two attached hydrogens (primary N) is 1. The van der Waals surface area contributed by atoms with Crippen molar-refractivity contribution in [3.8, 4) is 16.8 Å². The molecule has 0 aliphatic carbocycles. The zero-order valence-corrected chi connectivity index (χ0v) is 18.6. The van der Waals surface area contributed by atoms with Crippen LogP contribution in [0.5, 0.6) is 0 Å². The predicted molar refractivity (Wildman–Crippen MR) is 132 cm³/mol. The number of anilines is 2. The summed E-state index contributed by atoms with van der Waals surface area (Å²) in [7, 11) is 0. The summed E-state index contributed by atoms with van der Waals surface area (Å²) < 4.78 is 18.2. The molecule has 0 aliphatic rings. The SMILES string of the molecule is Cc1ccccc1-c1ccc(-n2cccc(Nc3cccc(C(=N)N)c3)c2=O)cc1.O=S=O. The van der Waals surface area contributed by atoms with Crippen LogP contribution in [0.1, 0.15) is 11.1 Å². The van der Waals surface area contributed by atoms with Crippen LogP contribution in [-0.2, 0) is 11.6 Å². The molecule has 4 N–H and O–H groups in total. The Kier molecular flexibility index (Phi) is 7.67. The van der Waals surface area contributed by atoms with E-state index in [2.05, 4.69) is 24.4 Å². The molecule has 166 valence electrons. The van der Waals surface area contributed by atoms with Crippen molar-refractivity contribution in [3.63, 3.8) is 0 Å². The summed E-state index contributed by atoms with van der Waals surface area (Å²) in [5.41, 5.74) is 11.4. The standard InChI is InChI=1S/C25H22N4O.O2S/c1-17-6-2-3-9-22(17)18-11-13-21(14-12-18)29-15-5-10-23(25(29)30)28-20-8-4-7-19(16-20)24(26)27;1-3-2/h2-16,28H,1H3,(H3,26,27);. The van der Waals surface area contributed by atoms with E-state index >= 15 is 0 Å². The average Bonchev–Trinajstić information content (AvgIpc) is 2.82. The maximum atomic E-state index is 13.0. The van der Waals surface area contributed by atoms with Gasteiger partial charge in [0.05, 0.1) is 0 Å². The molecule has 0 aliphatic heterocycles. The van der Waals surface area contributed by atoms with Crippen LogP contribution in [0, 0.1) is 12.3 Å². The second kappa shape index (κ2) is 10.8. The van der Waals surface area contributed by atoms with E-state index in [1.165, 1.54) is 11.1 Å². The monoisotopic (exact) mass is 458 g/mol. The largest absolute Gasteiger partial charge is 0.384 e. The number of hydrogen-bond acceptors (Lipinski definition) is 5. The van der Waals surface area contributed by atoms with E-state index < -0.39 is 11.6 Å². The van der Waals surface area contributed by atoms with Crippen LogP contribution in [-0.4, -0.2) is 18.8 Å². The minimum Gasteiger partial charge on any atom is -0.384 e. The Bertz CT molecular complexity index is 1380. The molecule has 0 spiro atoms. The Morgan fingerprint density at radius 2 is 1.64 bits per heavy atom. The van der Waals surface area contributed by atoms with Gasteiger partial charge in [0.1, 0.15) is 11.5 Å². The van der Waals surface area contributed by atoms with Gasteiger partial charge >= 0.3 is 11.6 Å². The van der Waals surface area contributed by atoms with Gasteiger partial charge < -0.3 is 11.1 Å². The molecule has 8 heteroatoms. The van der Waals surface area contributed by atoms with Crippen molar-refractivity contribution < 1.29 is 8.42 Å². The van der Waals surface area contributed by atoms with Gasteiger partial charge in [0.25, 0.3) is 5.56 Å². The molecular weight excluding hydrogens is 436 g/mol. The number of hydrogen-bond donors (Lipinski definition) is 3. The van der Waals surface area contributed by atoms with E-state index in [0.717, 1.165) is 11.3 Å². The Hall–Kier alpha value is -4.30. The highest BCUT2D eigenvalue weighted by atomic mass is 32.1. The first kappa shape index (κ1) is 23.4. The maximum Gasteiger partial charge on any atom is 0.335 e. The zero-order chi connectivity index (χ0) is 23.8. The normalized spacial score (nSPS) is 9.97. The highest BCUT2D eigenvalue weighted by molar-refractivity contribution is 7.51. The lowest BCUT2D eigenvalue weighted by Crippen LogP contribution is -2.20. The fourth-order valence-corrected chi connectivity index (χ4v) is 3.41. The fourth-order valence-electron chi connectivity index (χ4n) is 3.41. The molecule has 1 heterocycles. The third-order valence-corrected chi connectivity index (χ3v) is 5.00. The number of aryl methyl sites for hydroxylation is 1. The molecule has 0 saturated heterocycles. The molecule has 4 rings (SSSR count). The van der Waals surface area contributed by atoms with Gasteiger partial charge in [-0.2, -0.15) is 8.42 Å². The molecule has 0 radical (unpaired) electrons. The molecule has 7 nitrogen and oxygen atoms in total. The van der Waals surface area contributed by atoms with Gasteiger partial charge in [-0.25, -0.2) is 0 Å². The van der Waals surface area contributed by atoms with E-state index in [-0.39, 0.29) is 11.4 Å². The Labute approximate surface area is 194 Å². The van der Waals surface area contributed by atoms with Gasteiger partial charge in [-0.05, 0) is 60.0 Å². The first-order valence-corrected chi connectivity index (χ1v) is 10.6. The van der Waals surface area contributed by atoms with Gasteiger partial charge in [-0.3, -0.25) is 14.8 Å². The fraction of sp³-hybridized carbons (Fsp3) is 0.0400. The molecule has 1 aromatic heterocycles. The highest BCUT2D eigenvalue weighted by Gasteiger charge is 2.08. The van der Waals surface area contributed by atoms with Crippen molar-refractivity contribution in [1.29, 1.82) is 5.41 Å². The lowest BCUT2D eigenvalue weighted by Gasteiger charge is -2.12. The average molecular weight is 459 g/mol. The molecule has 0 bridgehead atoms. The van der Waals surface area contributed by atoms with Crippen molar-refractivity contribution in [2.45, 2.75) is 6.92 Å². The number of nitrogens with one attached hydrogen (secondary N) is 2. The van der Waals surface area contributed by atoms with Crippen LogP contribution in [0.25, 0.3) is 16.8 Å². The lowest BCUT2D eigenvalue weighted by molar-refractivity contribution is 0.630. The minimum absolute atomic E-state index is 0.0159. The number of aromatic nitrogens is 1. The number of nitrogens with zero attached hydrogens (tertiary/aromatic N) is 1. The number of nitrogen functional groups attached to an aromatic ring is 1. The second-order valence-electron chi connectivity index (χ2n) is 7.15. The molecule has 33 heavy (non-hydrogen) atoms. The van der Waals surface area contributed by atoms with Crippen LogP contribution in [0.4, 0.5) is 11.4 Å². The van der Waals surface area contributed by atoms with Gasteiger partial charge in [0, 0.05) is 23.1 Å². The van der Waals surface area contributed by atoms with E-state index in [1.54, 1.807) is 35.0 Å². The summed E-state index contributed by atoms with van der Waals surface area (Å²) in [5, 5.41) is 10.7. The van der Waals surface area contributed by atoms with Crippen molar-refractivity contribution in [2.75, 3.05) is 5.32 Å². The van der Waals surface area contributed by atoms with Gasteiger partial charge in [-0.1, -0.05) is 48.5 Å². The van der Waals surface area contributed by atoms with Crippen molar-refractivity contribution >= 4 is 28.8 Å². The first-order chi connectivity index (χ1) is 15.9. The predicted octanol–water partition coefficient (Wildman–Crippen LogP) is 4.17. The van der Waals surface area contributed by atoms with E-state index in [1.807, 2.05) is 48.5 Å². The molecule has 0 amide bonds. The number of benzene rings is 3. The second-order valence-corrected chi connectivity index (χ2v) is 7.28. The van der Waals surface area contributed by atoms with E-state index in [9.17, 15) is 4.79 Å². The Morgan fingerprint density at radius 3 is 2.30 bits per heavy atom. The molecule has 0 unspecified atom stereocenters. The molecular formula is C25H22N4O3S. The summed E-state index contributed by atoms with van der Waals surface area (Å²) in [6.07, 6.45) is 1.75. The summed E-state index contributed by atoms with van der Waals surface area (Å²) in [4.78, 5) is 13.0. The third-order valence-electron chi connectivity index (χ3n) is 5.00. The summed E-state index contributed by atoms with van der Waals surface area (Å²) in [6.45, 7) is 2.09. The molecule has 0 fully saturated rings. The van der Waals surface area contributed by atoms with Crippen LogP contribution in [0.3, 0.4) is 0 Å². The third kappa shape index (κ3) is 5.69. The minimum atomic E-state index is -0.750. The topological polar surface area (TPSA) is 118 Å². The van der Waals surface area contributed by atoms with Crippen molar-refractivity contribution in [3.05, 3.63) is 113 Å². The molecule has 0 atom stereocenters. The summed E-state index contributed by atoms with van der Waals surface area (Å²) >= 11 is -0.750. The van der Waals surface area contributed by atoms with Crippen LogP contribution >= 0.6 is 0 Å². The van der Waals surface area contributed by atoms with Gasteiger partial charge in [0.2, 0.25) is 0 Å². The van der Waals surface area contributed by atoms with Crippen LogP contribution < -0.4 is 16.6 Å². The summed E-state index contributed by atoms with van der Waals surface area (Å²) in [5.74, 6) is -0.0159. The zero-order valence-electron chi connectivity index (χ0n) is 17.8. The number of rotatable bonds is 5. The van der Waals surface area contributed by atoms with E-state index in [4.69, 9.17) is 19.6 Å². The smallest absolute Gasteiger partial charge is 0.335 e. The van der Waals surface area contributed by atoms with Crippen molar-refractivity contribution in [1.82, 2.24) is 4.57 Å². The Balaban J connectivity index is 0.000000968. The van der Waals surface area contributed by atoms with Gasteiger partial charge in [0.15, 0.2) is 0 Å². The lowest BCUT2D eigenvalue weighted by atomic mass is 10.0. The van der Waals surface area contributed by atoms with Crippen LogP contribution in [0.15, 0.2) is 95.9 Å². The first-order valence-electron chi connectivity index (χ1n) is 9.96. The van der Waals surface area contributed by atoms with Gasteiger partial charge in [-0.15, -0.1) is 0 Å². The molecule has 4 aromatic rings. The molecule has 3 aromatic carbocycles. The number of amidine groups is 1. The Morgan fingerprint density at radius 1 is 0.939 bits per heavy atom. The quantitative estimate of drug-likeness (QED) is 0.306. The highest BCUT2D eigenvalue weighted by Crippen LogP contribution is 2.24. The maximum absolute atomic E-state index is 13.0.